The summed E-state index contributed by atoms with van der Waals surface area (Å²) < 4.78 is 0. The van der Waals surface area contributed by atoms with E-state index in [4.69, 9.17) is 0 Å². The van der Waals surface area contributed by atoms with Crippen molar-refractivity contribution in [2.24, 2.45) is 11.8 Å². The summed E-state index contributed by atoms with van der Waals surface area (Å²) in [5, 5.41) is 42.7. The average molecular weight is 625 g/mol. The zero-order valence-corrected chi connectivity index (χ0v) is 27.0. The second kappa shape index (κ2) is 5.80. The summed E-state index contributed by atoms with van der Waals surface area (Å²) in [6.07, 6.45) is 4.64. The van der Waals surface area contributed by atoms with Crippen LogP contribution in [0.2, 0.25) is 0 Å². The Morgan fingerprint density at radius 3 is 0.940 bits per heavy atom. The summed E-state index contributed by atoms with van der Waals surface area (Å²) in [6, 6.07) is 19.9. The Morgan fingerprint density at radius 1 is 0.340 bits per heavy atom. The lowest BCUT2D eigenvalue weighted by Crippen LogP contribution is -2.13. The molecule has 18 rings (SSSR count). The number of ketones is 1. The molecule has 15 aromatic carbocycles. The number of benzene rings is 9. The minimum Gasteiger partial charge on any atom is -0.289 e. The Hall–Kier alpha value is -5.79. The van der Waals surface area contributed by atoms with Crippen LogP contribution in [0.15, 0.2) is 71.8 Å². The van der Waals surface area contributed by atoms with E-state index in [0.29, 0.717) is 17.8 Å². The fraction of sp³-hybridized carbons (Fsp3) is 0.122. The maximum Gasteiger partial charge on any atom is 0.183 e. The van der Waals surface area contributed by atoms with E-state index in [1.165, 1.54) is 75.4 Å². The van der Waals surface area contributed by atoms with E-state index in [1.807, 2.05) is 13.8 Å². The SMILES string of the molecule is CC1=CC(C2C3c4c5ccc6c7ccc8c9ccc%10c%11ccc%12c(c%13c4c4c5c6c5c7c8c6c9c%10c7c%11c%12c%13c8c4c5c6c78)C32)C=C(C)C1=O. The summed E-state index contributed by atoms with van der Waals surface area (Å²) in [6.45, 7) is 4.07. The van der Waals surface area contributed by atoms with Gasteiger partial charge in [-0.3, -0.25) is 4.79 Å². The van der Waals surface area contributed by atoms with Gasteiger partial charge in [0.2, 0.25) is 0 Å². The highest BCUT2D eigenvalue weighted by Crippen LogP contribution is 2.76. The molecule has 1 nitrogen and oxygen atoms in total. The molecule has 1 heteroatoms. The van der Waals surface area contributed by atoms with Crippen LogP contribution in [-0.2, 0) is 4.79 Å². The second-order valence-corrected chi connectivity index (χ2v) is 17.2. The fourth-order valence-corrected chi connectivity index (χ4v) is 14.7. The fourth-order valence-electron chi connectivity index (χ4n) is 14.7. The van der Waals surface area contributed by atoms with Crippen molar-refractivity contribution in [1.82, 2.24) is 0 Å². The number of hydrogen-bond acceptors (Lipinski definition) is 1. The lowest BCUT2D eigenvalue weighted by Gasteiger charge is -2.17. The summed E-state index contributed by atoms with van der Waals surface area (Å²) in [7, 11) is 0. The van der Waals surface area contributed by atoms with Gasteiger partial charge in [0, 0.05) is 5.92 Å². The smallest absolute Gasteiger partial charge is 0.183 e. The molecule has 222 valence electrons. The van der Waals surface area contributed by atoms with Crippen LogP contribution in [0.1, 0.15) is 36.8 Å². The summed E-state index contributed by atoms with van der Waals surface area (Å²) in [5.74, 6) is 1.89. The van der Waals surface area contributed by atoms with E-state index in [1.54, 1.807) is 86.5 Å². The molecule has 0 bridgehead atoms. The number of allylic oxidation sites excluding steroid dienone is 4. The van der Waals surface area contributed by atoms with Gasteiger partial charge < -0.3 is 0 Å². The molecular formula is C49H20O. The van der Waals surface area contributed by atoms with E-state index in [9.17, 15) is 4.79 Å². The highest BCUT2D eigenvalue weighted by atomic mass is 16.1. The van der Waals surface area contributed by atoms with Gasteiger partial charge in [0.1, 0.15) is 0 Å². The van der Waals surface area contributed by atoms with Crippen molar-refractivity contribution in [1.29, 1.82) is 0 Å². The van der Waals surface area contributed by atoms with E-state index in [0.717, 1.165) is 11.1 Å². The predicted octanol–water partition coefficient (Wildman–Crippen LogP) is 13.0. The van der Waals surface area contributed by atoms with Gasteiger partial charge in [-0.2, -0.15) is 0 Å². The van der Waals surface area contributed by atoms with Gasteiger partial charge in [0.15, 0.2) is 5.78 Å². The Kier molecular flexibility index (Phi) is 2.56. The van der Waals surface area contributed by atoms with E-state index in [-0.39, 0.29) is 11.7 Å². The summed E-state index contributed by atoms with van der Waals surface area (Å²) in [5.41, 5.74) is 5.10. The highest BCUT2D eigenvalue weighted by molar-refractivity contribution is 6.69. The Labute approximate surface area is 281 Å². The van der Waals surface area contributed by atoms with Crippen molar-refractivity contribution >= 4 is 157 Å². The molecule has 1 fully saturated rings. The first-order valence-corrected chi connectivity index (χ1v) is 18.5. The van der Waals surface area contributed by atoms with Crippen LogP contribution in [0.4, 0.5) is 0 Å². The molecule has 0 spiro atoms. The van der Waals surface area contributed by atoms with Crippen molar-refractivity contribution < 1.29 is 4.79 Å². The molecule has 0 radical (unpaired) electrons. The quantitative estimate of drug-likeness (QED) is 0.166. The molecule has 0 N–H and O–H groups in total. The van der Waals surface area contributed by atoms with Crippen molar-refractivity contribution in [3.63, 3.8) is 0 Å². The molecule has 0 aromatic heterocycles. The molecule has 0 aliphatic heterocycles. The number of Topliss-reactive ketones (excluding diaryl/α,β-unsaturated/α-hetero) is 1. The van der Waals surface area contributed by atoms with Crippen LogP contribution in [0.25, 0.3) is 151 Å². The molecule has 3 aliphatic rings. The van der Waals surface area contributed by atoms with Gasteiger partial charge in [0.05, 0.1) is 0 Å². The van der Waals surface area contributed by atoms with Gasteiger partial charge in [-0.25, -0.2) is 0 Å². The number of hydrogen-bond donors (Lipinski definition) is 0. The Bertz CT molecular complexity index is 3890. The molecule has 1 saturated carbocycles. The first-order valence-electron chi connectivity index (χ1n) is 18.5. The van der Waals surface area contributed by atoms with Crippen molar-refractivity contribution in [2.75, 3.05) is 0 Å². The third kappa shape index (κ3) is 1.59. The zero-order chi connectivity index (χ0) is 31.4. The minimum atomic E-state index is 0.216. The molecule has 50 heavy (non-hydrogen) atoms. The monoisotopic (exact) mass is 624 g/mol. The molecule has 3 aliphatic carbocycles. The van der Waals surface area contributed by atoms with Crippen LogP contribution in [-0.4, -0.2) is 5.78 Å². The normalized spacial score (nSPS) is 22.6. The number of carbonyl (C=O) groups excluding carboxylic acids is 1. The average Bonchev–Trinajstić information content (AvgIpc) is 3.63. The molecule has 0 heterocycles. The molecular weight excluding hydrogens is 605 g/mol. The lowest BCUT2D eigenvalue weighted by atomic mass is 9.87. The van der Waals surface area contributed by atoms with Gasteiger partial charge in [-0.1, -0.05) is 60.7 Å². The van der Waals surface area contributed by atoms with Gasteiger partial charge >= 0.3 is 0 Å². The lowest BCUT2D eigenvalue weighted by molar-refractivity contribution is -0.112. The van der Waals surface area contributed by atoms with Gasteiger partial charge in [-0.15, -0.1) is 0 Å². The molecule has 0 amide bonds. The largest absolute Gasteiger partial charge is 0.289 e. The zero-order valence-electron chi connectivity index (χ0n) is 27.0. The highest BCUT2D eigenvalue weighted by Gasteiger charge is 2.60. The van der Waals surface area contributed by atoms with E-state index >= 15 is 0 Å². The summed E-state index contributed by atoms with van der Waals surface area (Å²) in [4.78, 5) is 13.0. The Morgan fingerprint density at radius 2 is 0.600 bits per heavy atom. The maximum absolute atomic E-state index is 13.0. The van der Waals surface area contributed by atoms with Crippen LogP contribution >= 0.6 is 0 Å². The van der Waals surface area contributed by atoms with Crippen molar-refractivity contribution in [3.05, 3.63) is 83.0 Å². The third-order valence-corrected chi connectivity index (χ3v) is 15.8. The Balaban J connectivity index is 1.24. The maximum atomic E-state index is 13.0. The molecule has 2 atom stereocenters. The third-order valence-electron chi connectivity index (χ3n) is 15.8. The van der Waals surface area contributed by atoms with Crippen LogP contribution in [0.3, 0.4) is 0 Å². The van der Waals surface area contributed by atoms with Crippen molar-refractivity contribution in [3.8, 4) is 0 Å². The minimum absolute atomic E-state index is 0.216. The second-order valence-electron chi connectivity index (χ2n) is 17.2. The van der Waals surface area contributed by atoms with E-state index in [2.05, 4.69) is 60.7 Å². The topological polar surface area (TPSA) is 17.1 Å². The van der Waals surface area contributed by atoms with Crippen LogP contribution in [0, 0.1) is 11.8 Å². The summed E-state index contributed by atoms with van der Waals surface area (Å²) >= 11 is 0. The van der Waals surface area contributed by atoms with Crippen molar-refractivity contribution in [2.45, 2.75) is 25.7 Å². The standard InChI is InChI=1S/C49H20O/c1-13-11-15(12-14(2)49(13)50)24-35-33-22-9-7-20-18-5-3-16-17-4-6-19-21-8-10-23-32-30(21)39-28(19)26(17)37-25(16)27(18)38-29(20)31(22)40-42(33)43(34(23)36(24)35)41(32)48-46(39)44(37)45(38)47(40)48/h3-12,15,24,35-36H,1-2H3. The number of fused-ring (bicyclic) bond motifs is 8. The van der Waals surface area contributed by atoms with Gasteiger partial charge in [-0.05, 0) is 205 Å². The van der Waals surface area contributed by atoms with Crippen LogP contribution < -0.4 is 0 Å². The van der Waals surface area contributed by atoms with E-state index < -0.39 is 0 Å². The van der Waals surface area contributed by atoms with Gasteiger partial charge in [0.25, 0.3) is 0 Å². The predicted molar refractivity (Wildman–Crippen MR) is 211 cm³/mol. The first kappa shape index (κ1) is 22.0. The van der Waals surface area contributed by atoms with Crippen LogP contribution in [0.5, 0.6) is 0 Å². The first-order chi connectivity index (χ1) is 24.6. The number of rotatable bonds is 1. The molecule has 2 unspecified atom stereocenters. The molecule has 0 saturated heterocycles. The molecule has 15 aromatic rings. The number of carbonyl (C=O) groups is 1.